The average Bonchev–Trinajstić information content (AvgIpc) is 3.25. The van der Waals surface area contributed by atoms with Gasteiger partial charge < -0.3 is 20.0 Å². The van der Waals surface area contributed by atoms with E-state index < -0.39 is 0 Å². The van der Waals surface area contributed by atoms with Crippen molar-refractivity contribution in [3.05, 3.63) is 54.0 Å². The van der Waals surface area contributed by atoms with Crippen molar-refractivity contribution in [1.82, 2.24) is 15.3 Å². The third-order valence-electron chi connectivity index (χ3n) is 5.67. The molecule has 2 N–H and O–H groups in total. The van der Waals surface area contributed by atoms with Crippen molar-refractivity contribution < 1.29 is 4.42 Å². The molecule has 0 bridgehead atoms. The maximum atomic E-state index is 5.39. The van der Waals surface area contributed by atoms with E-state index in [2.05, 4.69) is 40.7 Å². The molecule has 1 fully saturated rings. The lowest BCUT2D eigenvalue weighted by Gasteiger charge is -2.30. The van der Waals surface area contributed by atoms with E-state index in [0.717, 1.165) is 60.7 Å². The second kappa shape index (κ2) is 9.30. The van der Waals surface area contributed by atoms with E-state index in [0.29, 0.717) is 12.1 Å². The average molecular weight is 406 g/mol. The topological polar surface area (TPSA) is 66.2 Å². The number of nitrogens with zero attached hydrogens (tertiary/aromatic N) is 3. The zero-order chi connectivity index (χ0) is 20.9. The molecule has 1 saturated carbocycles. The van der Waals surface area contributed by atoms with Crippen molar-refractivity contribution in [3.8, 4) is 0 Å². The van der Waals surface area contributed by atoms with Crippen LogP contribution < -0.4 is 15.5 Å². The number of hydrogen-bond donors (Lipinski definition) is 2. The van der Waals surface area contributed by atoms with Crippen molar-refractivity contribution in [3.63, 3.8) is 0 Å². The van der Waals surface area contributed by atoms with Crippen LogP contribution in [0.25, 0.3) is 17.0 Å². The van der Waals surface area contributed by atoms with Gasteiger partial charge in [-0.3, -0.25) is 0 Å². The number of benzene rings is 1. The molecule has 30 heavy (non-hydrogen) atoms. The highest BCUT2D eigenvalue weighted by Gasteiger charge is 2.22. The van der Waals surface area contributed by atoms with Crippen LogP contribution in [0.15, 0.2) is 52.7 Å². The van der Waals surface area contributed by atoms with Gasteiger partial charge in [0.15, 0.2) is 0 Å². The van der Waals surface area contributed by atoms with Crippen molar-refractivity contribution >= 4 is 28.7 Å². The van der Waals surface area contributed by atoms with Gasteiger partial charge in [0.2, 0.25) is 5.95 Å². The first-order valence-electron chi connectivity index (χ1n) is 10.7. The predicted molar refractivity (Wildman–Crippen MR) is 124 cm³/mol. The number of furan rings is 1. The van der Waals surface area contributed by atoms with E-state index in [9.17, 15) is 0 Å². The van der Waals surface area contributed by atoms with Crippen LogP contribution in [0.5, 0.6) is 0 Å². The molecule has 4 rings (SSSR count). The summed E-state index contributed by atoms with van der Waals surface area (Å²) in [5, 5.41) is 8.36. The summed E-state index contributed by atoms with van der Waals surface area (Å²) in [5.74, 6) is 2.60. The molecule has 0 atom stereocenters. The van der Waals surface area contributed by atoms with Gasteiger partial charge >= 0.3 is 0 Å². The molecular formula is C24H31N5O. The second-order valence-electron chi connectivity index (χ2n) is 8.36. The maximum Gasteiger partial charge on any atom is 0.225 e. The monoisotopic (exact) mass is 405 g/mol. The summed E-state index contributed by atoms with van der Waals surface area (Å²) in [6.45, 7) is 3.03. The van der Waals surface area contributed by atoms with E-state index >= 15 is 0 Å². The lowest BCUT2D eigenvalue weighted by atomic mass is 9.91. The van der Waals surface area contributed by atoms with Gasteiger partial charge in [0, 0.05) is 38.1 Å². The molecule has 2 aromatic heterocycles. The molecule has 0 saturated heterocycles. The van der Waals surface area contributed by atoms with Crippen LogP contribution in [0.4, 0.5) is 11.8 Å². The Kier molecular flexibility index (Phi) is 6.33. The standard InChI is InChI=1S/C24H31N5O/c1-17(15-20-7-6-14-30-20)16-25-18-10-12-19(13-11-18)26-24-27-22-9-5-4-8-21(22)23(28-24)29(2)3/h4-9,14-15,18-19,25H,10-13,16H2,1-3H3,(H,26,27,28). The summed E-state index contributed by atoms with van der Waals surface area (Å²) in [5.41, 5.74) is 2.26. The Bertz CT molecular complexity index is 988. The van der Waals surface area contributed by atoms with Crippen molar-refractivity contribution in [2.75, 3.05) is 30.9 Å². The fraction of sp³-hybridized carbons (Fsp3) is 0.417. The minimum absolute atomic E-state index is 0.416. The van der Waals surface area contributed by atoms with Gasteiger partial charge in [-0.05, 0) is 62.9 Å². The summed E-state index contributed by atoms with van der Waals surface area (Å²) >= 11 is 0. The summed E-state index contributed by atoms with van der Waals surface area (Å²) < 4.78 is 5.39. The van der Waals surface area contributed by atoms with Gasteiger partial charge in [0.05, 0.1) is 11.8 Å². The molecule has 1 aliphatic carbocycles. The molecule has 2 heterocycles. The van der Waals surface area contributed by atoms with Gasteiger partial charge in [-0.25, -0.2) is 4.98 Å². The highest BCUT2D eigenvalue weighted by Crippen LogP contribution is 2.26. The summed E-state index contributed by atoms with van der Waals surface area (Å²) in [4.78, 5) is 11.6. The fourth-order valence-corrected chi connectivity index (χ4v) is 4.06. The highest BCUT2D eigenvalue weighted by atomic mass is 16.3. The predicted octanol–water partition coefficient (Wildman–Crippen LogP) is 4.71. The largest absolute Gasteiger partial charge is 0.465 e. The summed E-state index contributed by atoms with van der Waals surface area (Å²) in [6, 6.07) is 13.1. The van der Waals surface area contributed by atoms with Crippen LogP contribution in [0.3, 0.4) is 0 Å². The maximum absolute atomic E-state index is 5.39. The van der Waals surface area contributed by atoms with Gasteiger partial charge in [0.25, 0.3) is 0 Å². The summed E-state index contributed by atoms with van der Waals surface area (Å²) in [6.07, 6.45) is 8.35. The molecule has 6 heteroatoms. The molecule has 1 aliphatic rings. The minimum atomic E-state index is 0.416. The number of fused-ring (bicyclic) bond motifs is 1. The molecule has 3 aromatic rings. The van der Waals surface area contributed by atoms with Crippen LogP contribution in [-0.4, -0.2) is 42.7 Å². The smallest absolute Gasteiger partial charge is 0.225 e. The molecule has 6 nitrogen and oxygen atoms in total. The highest BCUT2D eigenvalue weighted by molar-refractivity contribution is 5.90. The number of aromatic nitrogens is 2. The van der Waals surface area contributed by atoms with Crippen molar-refractivity contribution in [2.24, 2.45) is 0 Å². The molecule has 0 spiro atoms. The number of hydrogen-bond acceptors (Lipinski definition) is 6. The molecule has 158 valence electrons. The minimum Gasteiger partial charge on any atom is -0.465 e. The number of para-hydroxylation sites is 1. The van der Waals surface area contributed by atoms with Crippen LogP contribution >= 0.6 is 0 Å². The Morgan fingerprint density at radius 1 is 1.07 bits per heavy atom. The normalized spacial score (nSPS) is 19.8. The van der Waals surface area contributed by atoms with Crippen LogP contribution in [0.2, 0.25) is 0 Å². The Morgan fingerprint density at radius 2 is 1.83 bits per heavy atom. The van der Waals surface area contributed by atoms with E-state index in [1.807, 2.05) is 38.4 Å². The first-order chi connectivity index (χ1) is 14.6. The van der Waals surface area contributed by atoms with Crippen LogP contribution in [-0.2, 0) is 0 Å². The first kappa shape index (κ1) is 20.4. The zero-order valence-corrected chi connectivity index (χ0v) is 18.1. The van der Waals surface area contributed by atoms with Gasteiger partial charge in [-0.2, -0.15) is 4.98 Å². The molecule has 0 aliphatic heterocycles. The SMILES string of the molecule is CC(=Cc1ccco1)CNC1CCC(Nc2nc(N(C)C)c3ccccc3n2)CC1. The zero-order valence-electron chi connectivity index (χ0n) is 18.1. The van der Waals surface area contributed by atoms with Crippen molar-refractivity contribution in [2.45, 2.75) is 44.7 Å². The second-order valence-corrected chi connectivity index (χ2v) is 8.36. The van der Waals surface area contributed by atoms with E-state index in [1.54, 1.807) is 6.26 Å². The van der Waals surface area contributed by atoms with E-state index in [4.69, 9.17) is 14.4 Å². The Balaban J connectivity index is 1.32. The number of rotatable bonds is 7. The van der Waals surface area contributed by atoms with Gasteiger partial charge in [-0.15, -0.1) is 0 Å². The Labute approximate surface area is 178 Å². The number of nitrogens with one attached hydrogen (secondary N) is 2. The van der Waals surface area contributed by atoms with Gasteiger partial charge in [-0.1, -0.05) is 17.7 Å². The third-order valence-corrected chi connectivity index (χ3v) is 5.67. The molecule has 0 unspecified atom stereocenters. The lowest BCUT2D eigenvalue weighted by molar-refractivity contribution is 0.361. The quantitative estimate of drug-likeness (QED) is 0.594. The first-order valence-corrected chi connectivity index (χ1v) is 10.7. The van der Waals surface area contributed by atoms with E-state index in [-0.39, 0.29) is 0 Å². The summed E-state index contributed by atoms with van der Waals surface area (Å²) in [7, 11) is 4.05. The lowest BCUT2D eigenvalue weighted by Crippen LogP contribution is -2.37. The van der Waals surface area contributed by atoms with Crippen LogP contribution in [0.1, 0.15) is 38.4 Å². The molecule has 0 radical (unpaired) electrons. The molecule has 0 amide bonds. The van der Waals surface area contributed by atoms with E-state index in [1.165, 1.54) is 5.57 Å². The fourth-order valence-electron chi connectivity index (χ4n) is 4.06. The van der Waals surface area contributed by atoms with Gasteiger partial charge in [0.1, 0.15) is 11.6 Å². The third kappa shape index (κ3) is 5.00. The van der Waals surface area contributed by atoms with Crippen LogP contribution in [0, 0.1) is 0 Å². The van der Waals surface area contributed by atoms with Crippen molar-refractivity contribution in [1.29, 1.82) is 0 Å². The molecule has 1 aromatic carbocycles. The Morgan fingerprint density at radius 3 is 2.57 bits per heavy atom. The Hall–Kier alpha value is -2.86. The number of anilines is 2. The molecular weight excluding hydrogens is 374 g/mol.